The van der Waals surface area contributed by atoms with Gasteiger partial charge in [-0.15, -0.1) is 0 Å². The van der Waals surface area contributed by atoms with Crippen LogP contribution in [-0.4, -0.2) is 140 Å². The Bertz CT molecular complexity index is 1640. The lowest BCUT2D eigenvalue weighted by atomic mass is 9.78. The summed E-state index contributed by atoms with van der Waals surface area (Å²) in [6, 6.07) is -1.09. The molecule has 0 aromatic carbocycles. The van der Waals surface area contributed by atoms with Crippen LogP contribution in [0.15, 0.2) is 0 Å². The standard InChI is InChI=1S/C56H97N3O16/c1-56(2,3)49(62)41-74-37-36-73-34-32-57-52(65)42-75-38-35-72-33-20-21-47(60)46(29-31-54(68)69)59-51(64)30-28-45(55(70)71)39-48(61)44-26-24-43(25-27-44)40-58-50(63)22-18-16-14-12-10-8-6-4-5-7-9-11-13-15-17-19-23-53(66)67/h43-46H,4-42H2,1-3H3,(H,57,65)(H,58,63)(H,59,64)(H,66,67)(H,68,69)(H,70,71)/t43?,44?,45-,46+/m1/s1. The van der Waals surface area contributed by atoms with E-state index in [-0.39, 0.29) is 146 Å². The molecule has 0 saturated heterocycles. The lowest BCUT2D eigenvalue weighted by Crippen LogP contribution is -2.41. The Labute approximate surface area is 447 Å². The fourth-order valence-electron chi connectivity index (χ4n) is 8.77. The number of carboxylic acid groups (broad SMARTS) is 3. The number of amides is 3. The monoisotopic (exact) mass is 1070 g/mol. The maximum Gasteiger partial charge on any atom is 0.306 e. The molecular formula is C56H97N3O16. The number of rotatable bonds is 50. The first kappa shape index (κ1) is 68.7. The van der Waals surface area contributed by atoms with E-state index >= 15 is 0 Å². The van der Waals surface area contributed by atoms with Crippen LogP contribution in [0, 0.1) is 23.2 Å². The van der Waals surface area contributed by atoms with Crippen molar-refractivity contribution in [1.82, 2.24) is 16.0 Å². The number of aliphatic carboxylic acids is 3. The number of carbonyl (C=O) groups excluding carboxylic acids is 6. The fraction of sp³-hybridized carbons (Fsp3) is 0.839. The smallest absolute Gasteiger partial charge is 0.306 e. The van der Waals surface area contributed by atoms with Crippen LogP contribution in [0.3, 0.4) is 0 Å². The van der Waals surface area contributed by atoms with Crippen molar-refractivity contribution in [1.29, 1.82) is 0 Å². The topological polar surface area (TPSA) is 287 Å². The van der Waals surface area contributed by atoms with E-state index in [0.29, 0.717) is 25.8 Å². The summed E-state index contributed by atoms with van der Waals surface area (Å²) >= 11 is 0. The first-order valence-electron chi connectivity index (χ1n) is 28.3. The molecule has 1 aliphatic carbocycles. The summed E-state index contributed by atoms with van der Waals surface area (Å²) in [5.41, 5.74) is -0.460. The molecule has 19 heteroatoms. The molecule has 1 saturated carbocycles. The second-order valence-electron chi connectivity index (χ2n) is 21.3. The molecule has 0 unspecified atom stereocenters. The average Bonchev–Trinajstić information content (AvgIpc) is 3.36. The van der Waals surface area contributed by atoms with Crippen LogP contribution in [0.2, 0.25) is 0 Å². The number of Topliss-reactive ketones (excluding diaryl/α,β-unsaturated/α-hetero) is 3. The minimum absolute atomic E-state index is 0.00194. The molecule has 2 atom stereocenters. The highest BCUT2D eigenvalue weighted by Gasteiger charge is 2.31. The second kappa shape index (κ2) is 43.7. The van der Waals surface area contributed by atoms with Crippen LogP contribution < -0.4 is 16.0 Å². The quantitative estimate of drug-likeness (QED) is 0.0315. The van der Waals surface area contributed by atoms with E-state index in [0.717, 1.165) is 51.4 Å². The summed E-state index contributed by atoms with van der Waals surface area (Å²) in [5, 5.41) is 36.1. The van der Waals surface area contributed by atoms with Gasteiger partial charge < -0.3 is 50.2 Å². The Morgan fingerprint density at radius 1 is 0.493 bits per heavy atom. The number of carboxylic acids is 3. The van der Waals surface area contributed by atoms with Crippen molar-refractivity contribution in [2.45, 2.75) is 213 Å². The zero-order chi connectivity index (χ0) is 55.5. The third-order valence-electron chi connectivity index (χ3n) is 13.6. The van der Waals surface area contributed by atoms with Crippen LogP contribution >= 0.6 is 0 Å². The van der Waals surface area contributed by atoms with Gasteiger partial charge in [-0.1, -0.05) is 111 Å². The molecular weight excluding hydrogens is 971 g/mol. The second-order valence-corrected chi connectivity index (χ2v) is 21.3. The zero-order valence-electron chi connectivity index (χ0n) is 46.0. The predicted molar refractivity (Wildman–Crippen MR) is 283 cm³/mol. The Morgan fingerprint density at radius 2 is 1.00 bits per heavy atom. The van der Waals surface area contributed by atoms with Gasteiger partial charge in [0.15, 0.2) is 11.6 Å². The molecule has 0 spiro atoms. The summed E-state index contributed by atoms with van der Waals surface area (Å²) in [7, 11) is 0. The van der Waals surface area contributed by atoms with E-state index in [1.807, 2.05) is 20.8 Å². The number of carbonyl (C=O) groups is 9. The molecule has 19 nitrogen and oxygen atoms in total. The lowest BCUT2D eigenvalue weighted by Gasteiger charge is -2.28. The van der Waals surface area contributed by atoms with Crippen LogP contribution in [-0.2, 0) is 62.1 Å². The third kappa shape index (κ3) is 39.7. The van der Waals surface area contributed by atoms with Gasteiger partial charge in [-0.25, -0.2) is 0 Å². The minimum atomic E-state index is -1.19. The normalized spacial score (nSPS) is 15.4. The molecule has 0 aliphatic heterocycles. The van der Waals surface area contributed by atoms with Crippen LogP contribution in [0.25, 0.3) is 0 Å². The van der Waals surface area contributed by atoms with Gasteiger partial charge in [-0.05, 0) is 63.7 Å². The number of unbranched alkanes of at least 4 members (excludes halogenated alkanes) is 15. The Morgan fingerprint density at radius 3 is 1.53 bits per heavy atom. The Hall–Kier alpha value is -4.33. The van der Waals surface area contributed by atoms with Crippen molar-refractivity contribution in [3.63, 3.8) is 0 Å². The van der Waals surface area contributed by atoms with Crippen molar-refractivity contribution >= 4 is 53.0 Å². The highest BCUT2D eigenvalue weighted by Crippen LogP contribution is 2.31. The molecule has 75 heavy (non-hydrogen) atoms. The van der Waals surface area contributed by atoms with Gasteiger partial charge in [-0.3, -0.25) is 43.2 Å². The molecule has 0 aromatic heterocycles. The molecule has 6 N–H and O–H groups in total. The number of ketones is 3. The van der Waals surface area contributed by atoms with Crippen molar-refractivity contribution in [3.05, 3.63) is 0 Å². The van der Waals surface area contributed by atoms with Crippen molar-refractivity contribution in [2.75, 3.05) is 65.9 Å². The van der Waals surface area contributed by atoms with Gasteiger partial charge in [0.05, 0.1) is 45.0 Å². The van der Waals surface area contributed by atoms with E-state index in [9.17, 15) is 53.4 Å². The molecule has 0 bridgehead atoms. The summed E-state index contributed by atoms with van der Waals surface area (Å²) in [5.74, 6) is -5.61. The number of hydrogen-bond acceptors (Lipinski definition) is 13. The summed E-state index contributed by atoms with van der Waals surface area (Å²) in [4.78, 5) is 110. The fourth-order valence-corrected chi connectivity index (χ4v) is 8.77. The van der Waals surface area contributed by atoms with Crippen molar-refractivity contribution in [3.8, 4) is 0 Å². The number of nitrogens with one attached hydrogen (secondary N) is 3. The van der Waals surface area contributed by atoms with Crippen molar-refractivity contribution in [2.24, 2.45) is 23.2 Å². The first-order chi connectivity index (χ1) is 35.9. The lowest BCUT2D eigenvalue weighted by molar-refractivity contribution is -0.145. The van der Waals surface area contributed by atoms with Gasteiger partial charge in [0, 0.05) is 69.6 Å². The summed E-state index contributed by atoms with van der Waals surface area (Å²) in [6.45, 7) is 7.40. The van der Waals surface area contributed by atoms with Gasteiger partial charge in [0.1, 0.15) is 19.0 Å². The highest BCUT2D eigenvalue weighted by atomic mass is 16.5. The molecule has 432 valence electrons. The largest absolute Gasteiger partial charge is 0.481 e. The Kier molecular flexibility index (Phi) is 40.1. The number of ether oxygens (including phenoxy) is 4. The van der Waals surface area contributed by atoms with Crippen LogP contribution in [0.5, 0.6) is 0 Å². The maximum atomic E-state index is 13.2. The SMILES string of the molecule is CC(C)(C)C(=O)COCCOCCNC(=O)COCCOCCCC(=O)[C@H](CCC(=O)O)NC(=O)CC[C@H](CC(=O)C1CCC(CNC(=O)CCCCCCCCCCCCCCCCCCC(=O)O)CC1)C(=O)O. The molecule has 1 aliphatic rings. The van der Waals surface area contributed by atoms with Crippen LogP contribution in [0.4, 0.5) is 0 Å². The predicted octanol–water partition coefficient (Wildman–Crippen LogP) is 7.95. The summed E-state index contributed by atoms with van der Waals surface area (Å²) < 4.78 is 21.5. The highest BCUT2D eigenvalue weighted by molar-refractivity contribution is 5.90. The third-order valence-corrected chi connectivity index (χ3v) is 13.6. The van der Waals surface area contributed by atoms with E-state index in [4.69, 9.17) is 24.1 Å². The van der Waals surface area contributed by atoms with E-state index < -0.39 is 47.0 Å². The van der Waals surface area contributed by atoms with Gasteiger partial charge in [0.25, 0.3) is 0 Å². The summed E-state index contributed by atoms with van der Waals surface area (Å²) in [6.07, 6.45) is 21.2. The van der Waals surface area contributed by atoms with Crippen molar-refractivity contribution < 1.29 is 77.4 Å². The van der Waals surface area contributed by atoms with E-state index in [1.54, 1.807) is 0 Å². The molecule has 0 aromatic rings. The van der Waals surface area contributed by atoms with E-state index in [2.05, 4.69) is 16.0 Å². The minimum Gasteiger partial charge on any atom is -0.481 e. The molecule has 3 amide bonds. The van der Waals surface area contributed by atoms with Crippen LogP contribution in [0.1, 0.15) is 207 Å². The average molecular weight is 1070 g/mol. The maximum absolute atomic E-state index is 13.2. The Balaban J connectivity index is 2.20. The van der Waals surface area contributed by atoms with Gasteiger partial charge in [-0.2, -0.15) is 0 Å². The van der Waals surface area contributed by atoms with Gasteiger partial charge >= 0.3 is 17.9 Å². The van der Waals surface area contributed by atoms with Gasteiger partial charge in [0.2, 0.25) is 17.7 Å². The number of hydrogen-bond donors (Lipinski definition) is 6. The molecule has 1 rings (SSSR count). The molecule has 0 heterocycles. The van der Waals surface area contributed by atoms with E-state index in [1.165, 1.54) is 64.2 Å². The zero-order valence-corrected chi connectivity index (χ0v) is 46.0. The molecule has 0 radical (unpaired) electrons. The molecule has 1 fully saturated rings. The first-order valence-corrected chi connectivity index (χ1v) is 28.3.